The molecule has 0 saturated carbocycles. The highest BCUT2D eigenvalue weighted by atomic mass is 32.2. The Bertz CT molecular complexity index is 522. The van der Waals surface area contributed by atoms with E-state index in [1.807, 2.05) is 29.2 Å². The van der Waals surface area contributed by atoms with Crippen molar-refractivity contribution >= 4 is 22.8 Å². The van der Waals surface area contributed by atoms with Gasteiger partial charge < -0.3 is 0 Å². The quantitative estimate of drug-likeness (QED) is 0.705. The third-order valence-corrected chi connectivity index (χ3v) is 4.13. The lowest BCUT2D eigenvalue weighted by Gasteiger charge is -2.38. The van der Waals surface area contributed by atoms with Crippen LogP contribution in [0.4, 0.5) is 0 Å². The molecular weight excluding hydrogens is 232 g/mol. The van der Waals surface area contributed by atoms with Gasteiger partial charge in [-0.2, -0.15) is 0 Å². The topological polar surface area (TPSA) is 32.7 Å². The lowest BCUT2D eigenvalue weighted by molar-refractivity contribution is 0.0792. The molecule has 0 bridgehead atoms. The fourth-order valence-electron chi connectivity index (χ4n) is 2.13. The van der Waals surface area contributed by atoms with E-state index >= 15 is 0 Å². The van der Waals surface area contributed by atoms with E-state index < -0.39 is 0 Å². The molecule has 0 fully saturated rings. The summed E-state index contributed by atoms with van der Waals surface area (Å²) in [5, 5.41) is 0.855. The molecule has 17 heavy (non-hydrogen) atoms. The van der Waals surface area contributed by atoms with Gasteiger partial charge in [0.1, 0.15) is 0 Å². The van der Waals surface area contributed by atoms with Gasteiger partial charge in [-0.25, -0.2) is 0 Å². The number of nitrogens with zero attached hydrogens (tertiary/aromatic N) is 2. The number of aliphatic imine (C=N–C) groups is 1. The average Bonchev–Trinajstić information content (AvgIpc) is 2.30. The van der Waals surface area contributed by atoms with Gasteiger partial charge in [0.25, 0.3) is 5.91 Å². The number of hydrogen-bond acceptors (Lipinski definition) is 3. The molecule has 0 saturated heterocycles. The van der Waals surface area contributed by atoms with Crippen LogP contribution in [-0.4, -0.2) is 29.1 Å². The van der Waals surface area contributed by atoms with Gasteiger partial charge in [0.2, 0.25) is 0 Å². The van der Waals surface area contributed by atoms with Crippen molar-refractivity contribution < 1.29 is 4.79 Å². The highest BCUT2D eigenvalue weighted by molar-refractivity contribution is 8.14. The normalized spacial score (nSPS) is 21.6. The first kappa shape index (κ1) is 10.8. The van der Waals surface area contributed by atoms with Crippen LogP contribution < -0.4 is 0 Å². The molecule has 0 unspecified atom stereocenters. The molecule has 0 N–H and O–H groups in total. The molecule has 1 aromatic rings. The SMILES string of the molecule is CC1(C)CN=C2Sc3ccccc3C(=O)N2C1. The van der Waals surface area contributed by atoms with Crippen molar-refractivity contribution in [2.24, 2.45) is 10.4 Å². The Labute approximate surface area is 105 Å². The number of thioether (sulfide) groups is 1. The van der Waals surface area contributed by atoms with E-state index in [0.29, 0.717) is 0 Å². The highest BCUT2D eigenvalue weighted by Gasteiger charge is 2.37. The Morgan fingerprint density at radius 3 is 2.94 bits per heavy atom. The number of amidine groups is 1. The van der Waals surface area contributed by atoms with Crippen LogP contribution in [0.25, 0.3) is 0 Å². The zero-order valence-corrected chi connectivity index (χ0v) is 10.8. The van der Waals surface area contributed by atoms with Gasteiger partial charge in [-0.1, -0.05) is 37.7 Å². The van der Waals surface area contributed by atoms with Crippen molar-refractivity contribution in [2.75, 3.05) is 13.1 Å². The van der Waals surface area contributed by atoms with E-state index in [-0.39, 0.29) is 11.3 Å². The van der Waals surface area contributed by atoms with Crippen LogP contribution in [0.5, 0.6) is 0 Å². The van der Waals surface area contributed by atoms with E-state index in [4.69, 9.17) is 0 Å². The van der Waals surface area contributed by atoms with Gasteiger partial charge in [0, 0.05) is 23.4 Å². The first-order chi connectivity index (χ1) is 8.07. The zero-order chi connectivity index (χ0) is 12.0. The van der Waals surface area contributed by atoms with Gasteiger partial charge in [-0.3, -0.25) is 14.7 Å². The van der Waals surface area contributed by atoms with Gasteiger partial charge in [-0.15, -0.1) is 0 Å². The summed E-state index contributed by atoms with van der Waals surface area (Å²) in [6.45, 7) is 5.84. The lowest BCUT2D eigenvalue weighted by atomic mass is 9.92. The monoisotopic (exact) mass is 246 g/mol. The number of rotatable bonds is 0. The zero-order valence-electron chi connectivity index (χ0n) is 9.93. The number of hydrogen-bond donors (Lipinski definition) is 0. The summed E-state index contributed by atoms with van der Waals surface area (Å²) in [6, 6.07) is 7.75. The number of carbonyl (C=O) groups is 1. The second-order valence-corrected chi connectivity index (χ2v) is 6.26. The van der Waals surface area contributed by atoms with E-state index in [1.54, 1.807) is 11.8 Å². The van der Waals surface area contributed by atoms with Crippen molar-refractivity contribution in [2.45, 2.75) is 18.7 Å². The summed E-state index contributed by atoms with van der Waals surface area (Å²) in [5.74, 6) is 0.0888. The number of benzene rings is 1. The number of fused-ring (bicyclic) bond motifs is 2. The van der Waals surface area contributed by atoms with Gasteiger partial charge in [0.05, 0.1) is 5.56 Å². The van der Waals surface area contributed by atoms with Crippen molar-refractivity contribution in [3.63, 3.8) is 0 Å². The predicted octanol–water partition coefficient (Wildman–Crippen LogP) is 2.63. The molecule has 1 amide bonds. The maximum absolute atomic E-state index is 12.4. The fraction of sp³-hybridized carbons (Fsp3) is 0.385. The molecule has 0 aromatic heterocycles. The first-order valence-corrected chi connectivity index (χ1v) is 6.52. The van der Waals surface area contributed by atoms with E-state index in [2.05, 4.69) is 18.8 Å². The molecule has 2 aliphatic rings. The second kappa shape index (κ2) is 3.60. The van der Waals surface area contributed by atoms with Crippen LogP contribution in [0.15, 0.2) is 34.2 Å². The van der Waals surface area contributed by atoms with Gasteiger partial charge >= 0.3 is 0 Å². The Hall–Kier alpha value is -1.29. The molecule has 3 rings (SSSR count). The molecule has 1 aromatic carbocycles. The van der Waals surface area contributed by atoms with Crippen LogP contribution >= 0.6 is 11.8 Å². The predicted molar refractivity (Wildman–Crippen MR) is 69.4 cm³/mol. The Balaban J connectivity index is 2.06. The van der Waals surface area contributed by atoms with Crippen LogP contribution in [0.3, 0.4) is 0 Å². The smallest absolute Gasteiger partial charge is 0.261 e. The molecule has 88 valence electrons. The third kappa shape index (κ3) is 1.76. The third-order valence-electron chi connectivity index (χ3n) is 3.02. The van der Waals surface area contributed by atoms with Gasteiger partial charge in [0.15, 0.2) is 5.17 Å². The number of carbonyl (C=O) groups excluding carboxylic acids is 1. The van der Waals surface area contributed by atoms with Gasteiger partial charge in [-0.05, 0) is 12.1 Å². The Kier molecular flexibility index (Phi) is 2.30. The Morgan fingerprint density at radius 1 is 1.35 bits per heavy atom. The van der Waals surface area contributed by atoms with Crippen LogP contribution in [-0.2, 0) is 0 Å². The van der Waals surface area contributed by atoms with E-state index in [1.165, 1.54) is 0 Å². The summed E-state index contributed by atoms with van der Waals surface area (Å²) in [6.07, 6.45) is 0. The first-order valence-electron chi connectivity index (χ1n) is 5.70. The standard InChI is InChI=1S/C13H14N2OS/c1-13(2)7-14-12-15(8-13)11(16)9-5-3-4-6-10(9)17-12/h3-6H,7-8H2,1-2H3. The molecule has 0 spiro atoms. The maximum Gasteiger partial charge on any atom is 0.261 e. The summed E-state index contributed by atoms with van der Waals surface area (Å²) in [5.41, 5.74) is 0.876. The largest absolute Gasteiger partial charge is 0.287 e. The highest BCUT2D eigenvalue weighted by Crippen LogP contribution is 2.36. The summed E-state index contributed by atoms with van der Waals surface area (Å²) in [7, 11) is 0. The molecular formula is C13H14N2OS. The van der Waals surface area contributed by atoms with E-state index in [9.17, 15) is 4.79 Å². The molecule has 4 heteroatoms. The molecule has 0 radical (unpaired) electrons. The maximum atomic E-state index is 12.4. The van der Waals surface area contributed by atoms with Crippen molar-refractivity contribution in [1.29, 1.82) is 0 Å². The molecule has 2 heterocycles. The molecule has 2 aliphatic heterocycles. The molecule has 0 aliphatic carbocycles. The van der Waals surface area contributed by atoms with Crippen molar-refractivity contribution in [3.05, 3.63) is 29.8 Å². The number of amides is 1. The van der Waals surface area contributed by atoms with Crippen LogP contribution in [0.2, 0.25) is 0 Å². The lowest BCUT2D eigenvalue weighted by Crippen LogP contribution is -2.48. The average molecular weight is 246 g/mol. The minimum atomic E-state index is 0.0754. The summed E-state index contributed by atoms with van der Waals surface area (Å²) in [4.78, 5) is 19.7. The fourth-order valence-corrected chi connectivity index (χ4v) is 3.13. The summed E-state index contributed by atoms with van der Waals surface area (Å²) >= 11 is 1.60. The van der Waals surface area contributed by atoms with Crippen LogP contribution in [0, 0.1) is 5.41 Å². The van der Waals surface area contributed by atoms with Crippen LogP contribution in [0.1, 0.15) is 24.2 Å². The molecule has 3 nitrogen and oxygen atoms in total. The van der Waals surface area contributed by atoms with Crippen molar-refractivity contribution in [3.8, 4) is 0 Å². The second-order valence-electron chi connectivity index (χ2n) is 5.25. The summed E-state index contributed by atoms with van der Waals surface area (Å²) < 4.78 is 0. The Morgan fingerprint density at radius 2 is 2.12 bits per heavy atom. The van der Waals surface area contributed by atoms with E-state index in [0.717, 1.165) is 28.7 Å². The molecule has 0 atom stereocenters. The minimum Gasteiger partial charge on any atom is -0.287 e. The van der Waals surface area contributed by atoms with Crippen molar-refractivity contribution in [1.82, 2.24) is 4.90 Å². The minimum absolute atomic E-state index is 0.0754.